The smallest absolute Gasteiger partial charge is 0.271 e. The molecule has 0 spiro atoms. The summed E-state index contributed by atoms with van der Waals surface area (Å²) in [5.41, 5.74) is 11.8. The Morgan fingerprint density at radius 1 is 1.47 bits per heavy atom. The van der Waals surface area contributed by atoms with Crippen LogP contribution in [0.4, 0.5) is 10.2 Å². The summed E-state index contributed by atoms with van der Waals surface area (Å²) in [6.45, 7) is 0.494. The lowest BCUT2D eigenvalue weighted by Gasteiger charge is -2.06. The van der Waals surface area contributed by atoms with E-state index in [-0.39, 0.29) is 16.5 Å². The minimum Gasteiger partial charge on any atom is -0.383 e. The number of carbonyl (C=O) groups excluding carboxylic acids is 1. The number of anilines is 1. The van der Waals surface area contributed by atoms with Crippen molar-refractivity contribution in [3.8, 4) is 0 Å². The highest BCUT2D eigenvalue weighted by Crippen LogP contribution is 2.17. The second-order valence-corrected chi connectivity index (χ2v) is 4.44. The molecular weight excluding hydrogens is 271 g/mol. The van der Waals surface area contributed by atoms with Crippen LogP contribution >= 0.6 is 11.6 Å². The quantitative estimate of drug-likeness (QED) is 0.893. The maximum atomic E-state index is 13.0. The van der Waals surface area contributed by atoms with Gasteiger partial charge in [-0.1, -0.05) is 17.7 Å². The number of nitrogen functional groups attached to an aromatic ring is 1. The zero-order valence-corrected chi connectivity index (χ0v) is 10.7. The predicted molar refractivity (Wildman–Crippen MR) is 70.3 cm³/mol. The summed E-state index contributed by atoms with van der Waals surface area (Å²) < 4.78 is 14.6. The van der Waals surface area contributed by atoms with Crippen LogP contribution in [0.15, 0.2) is 24.5 Å². The highest BCUT2D eigenvalue weighted by molar-refractivity contribution is 6.30. The summed E-state index contributed by atoms with van der Waals surface area (Å²) in [4.78, 5) is 14.8. The van der Waals surface area contributed by atoms with Crippen LogP contribution in [0.2, 0.25) is 5.02 Å². The summed E-state index contributed by atoms with van der Waals surface area (Å²) in [6.07, 6.45) is 2.03. The maximum Gasteiger partial charge on any atom is 0.271 e. The Morgan fingerprint density at radius 3 is 2.79 bits per heavy atom. The lowest BCUT2D eigenvalue weighted by atomic mass is 10.1. The van der Waals surface area contributed by atoms with Crippen LogP contribution in [0, 0.1) is 5.82 Å². The molecule has 0 aliphatic heterocycles. The number of imidazole rings is 1. The van der Waals surface area contributed by atoms with Crippen molar-refractivity contribution < 1.29 is 9.18 Å². The number of carbonyl (C=O) groups is 1. The van der Waals surface area contributed by atoms with E-state index in [2.05, 4.69) is 4.98 Å². The molecule has 0 radical (unpaired) electrons. The molecule has 0 fully saturated rings. The number of benzene rings is 1. The number of halogens is 2. The molecule has 0 bridgehead atoms. The number of primary amides is 1. The Bertz CT molecular complexity index is 626. The van der Waals surface area contributed by atoms with Gasteiger partial charge in [-0.15, -0.1) is 0 Å². The standard InChI is InChI=1S/C12H12ClFN4O/c13-8-5-7(1-2-9(8)14)3-4-18-6-17-10(11(18)15)12(16)19/h1-2,5-6H,3-4,15H2,(H2,16,19). The van der Waals surface area contributed by atoms with Crippen LogP contribution in [-0.2, 0) is 13.0 Å². The van der Waals surface area contributed by atoms with E-state index in [9.17, 15) is 9.18 Å². The van der Waals surface area contributed by atoms with Crippen molar-refractivity contribution in [2.24, 2.45) is 5.73 Å². The molecule has 0 aliphatic rings. The number of nitrogens with two attached hydrogens (primary N) is 2. The third-order valence-electron chi connectivity index (χ3n) is 2.74. The third kappa shape index (κ3) is 2.85. The van der Waals surface area contributed by atoms with Gasteiger partial charge in [0.05, 0.1) is 11.3 Å². The van der Waals surface area contributed by atoms with Gasteiger partial charge in [-0.25, -0.2) is 9.37 Å². The molecule has 2 rings (SSSR count). The Labute approximate surface area is 114 Å². The van der Waals surface area contributed by atoms with Gasteiger partial charge in [0.25, 0.3) is 5.91 Å². The second-order valence-electron chi connectivity index (χ2n) is 4.03. The first-order chi connectivity index (χ1) is 8.99. The summed E-state index contributed by atoms with van der Waals surface area (Å²) >= 11 is 5.69. The molecule has 19 heavy (non-hydrogen) atoms. The fraction of sp³-hybridized carbons (Fsp3) is 0.167. The summed E-state index contributed by atoms with van der Waals surface area (Å²) in [7, 11) is 0. The Morgan fingerprint density at radius 2 is 2.21 bits per heavy atom. The average molecular weight is 283 g/mol. The van der Waals surface area contributed by atoms with Gasteiger partial charge in [-0.3, -0.25) is 4.79 Å². The fourth-order valence-corrected chi connectivity index (χ4v) is 1.91. The number of rotatable bonds is 4. The number of amides is 1. The average Bonchev–Trinajstić information content (AvgIpc) is 2.72. The lowest BCUT2D eigenvalue weighted by Crippen LogP contribution is -2.15. The van der Waals surface area contributed by atoms with Gasteiger partial charge < -0.3 is 16.0 Å². The number of aromatic nitrogens is 2. The van der Waals surface area contributed by atoms with Gasteiger partial charge in [0.1, 0.15) is 11.6 Å². The zero-order valence-electron chi connectivity index (χ0n) is 9.94. The summed E-state index contributed by atoms with van der Waals surface area (Å²) in [5, 5.41) is 0.0777. The normalized spacial score (nSPS) is 10.6. The van der Waals surface area contributed by atoms with E-state index in [1.165, 1.54) is 12.4 Å². The molecule has 0 atom stereocenters. The van der Waals surface area contributed by atoms with Crippen molar-refractivity contribution in [1.29, 1.82) is 0 Å². The Hall–Kier alpha value is -2.08. The van der Waals surface area contributed by atoms with Gasteiger partial charge in [0.15, 0.2) is 5.69 Å². The third-order valence-corrected chi connectivity index (χ3v) is 3.03. The van der Waals surface area contributed by atoms with Crippen molar-refractivity contribution in [1.82, 2.24) is 9.55 Å². The van der Waals surface area contributed by atoms with Gasteiger partial charge in [0, 0.05) is 6.54 Å². The molecule has 1 aromatic carbocycles. The molecule has 7 heteroatoms. The largest absolute Gasteiger partial charge is 0.383 e. The highest BCUT2D eigenvalue weighted by atomic mass is 35.5. The van der Waals surface area contributed by atoms with Crippen LogP contribution in [0.25, 0.3) is 0 Å². The van der Waals surface area contributed by atoms with E-state index in [0.717, 1.165) is 5.56 Å². The topological polar surface area (TPSA) is 86.9 Å². The minimum atomic E-state index is -0.666. The molecule has 4 N–H and O–H groups in total. The summed E-state index contributed by atoms with van der Waals surface area (Å²) in [5.74, 6) is -0.898. The molecule has 100 valence electrons. The van der Waals surface area contributed by atoms with Crippen LogP contribution < -0.4 is 11.5 Å². The first-order valence-electron chi connectivity index (χ1n) is 5.53. The Balaban J connectivity index is 2.10. The highest BCUT2D eigenvalue weighted by Gasteiger charge is 2.12. The van der Waals surface area contributed by atoms with Gasteiger partial charge in [0.2, 0.25) is 0 Å². The molecule has 1 aromatic heterocycles. The maximum absolute atomic E-state index is 13.0. The van der Waals surface area contributed by atoms with Crippen molar-refractivity contribution in [3.05, 3.63) is 46.6 Å². The van der Waals surface area contributed by atoms with Crippen LogP contribution in [-0.4, -0.2) is 15.5 Å². The van der Waals surface area contributed by atoms with E-state index in [0.29, 0.717) is 13.0 Å². The number of hydrogen-bond donors (Lipinski definition) is 2. The Kier molecular flexibility index (Phi) is 3.71. The second kappa shape index (κ2) is 5.27. The molecule has 5 nitrogen and oxygen atoms in total. The number of aryl methyl sites for hydroxylation is 2. The van der Waals surface area contributed by atoms with Crippen LogP contribution in [0.1, 0.15) is 16.1 Å². The molecule has 0 saturated heterocycles. The van der Waals surface area contributed by atoms with E-state index < -0.39 is 11.7 Å². The van der Waals surface area contributed by atoms with Crippen molar-refractivity contribution in [2.45, 2.75) is 13.0 Å². The monoisotopic (exact) mass is 282 g/mol. The molecule has 0 saturated carbocycles. The van der Waals surface area contributed by atoms with Gasteiger partial charge >= 0.3 is 0 Å². The number of hydrogen-bond acceptors (Lipinski definition) is 3. The fourth-order valence-electron chi connectivity index (χ4n) is 1.70. The van der Waals surface area contributed by atoms with Gasteiger partial charge in [-0.2, -0.15) is 0 Å². The van der Waals surface area contributed by atoms with Crippen molar-refractivity contribution >= 4 is 23.3 Å². The molecule has 2 aromatic rings. The first kappa shape index (κ1) is 13.4. The van der Waals surface area contributed by atoms with E-state index in [1.807, 2.05) is 0 Å². The van der Waals surface area contributed by atoms with Gasteiger partial charge in [-0.05, 0) is 24.1 Å². The minimum absolute atomic E-state index is 0.0529. The van der Waals surface area contributed by atoms with Crippen molar-refractivity contribution in [3.63, 3.8) is 0 Å². The molecule has 1 amide bonds. The SMILES string of the molecule is NC(=O)c1ncn(CCc2ccc(F)c(Cl)c2)c1N. The molecule has 0 unspecified atom stereocenters. The predicted octanol–water partition coefficient (Wildman–Crippen LogP) is 1.60. The number of nitrogens with zero attached hydrogens (tertiary/aromatic N) is 2. The lowest BCUT2D eigenvalue weighted by molar-refractivity contribution is 0.0997. The molecule has 1 heterocycles. The van der Waals surface area contributed by atoms with Crippen LogP contribution in [0.5, 0.6) is 0 Å². The van der Waals surface area contributed by atoms with E-state index >= 15 is 0 Å². The first-order valence-corrected chi connectivity index (χ1v) is 5.91. The molecule has 0 aliphatic carbocycles. The van der Waals surface area contributed by atoms with E-state index in [1.54, 1.807) is 16.7 Å². The van der Waals surface area contributed by atoms with Crippen molar-refractivity contribution in [2.75, 3.05) is 5.73 Å². The zero-order chi connectivity index (χ0) is 14.0. The molecular formula is C12H12ClFN4O. The van der Waals surface area contributed by atoms with E-state index in [4.69, 9.17) is 23.1 Å². The van der Waals surface area contributed by atoms with Crippen LogP contribution in [0.3, 0.4) is 0 Å². The summed E-state index contributed by atoms with van der Waals surface area (Å²) in [6, 6.07) is 4.51.